The summed E-state index contributed by atoms with van der Waals surface area (Å²) in [5, 5.41) is 22.9. The van der Waals surface area contributed by atoms with Crippen LogP contribution in [0.2, 0.25) is 0 Å². The number of aliphatic hydroxyl groups excluding tert-OH is 1. The molecule has 3 aromatic rings. The number of hydrogen-bond acceptors (Lipinski definition) is 2. The van der Waals surface area contributed by atoms with Gasteiger partial charge in [0.25, 0.3) is 0 Å². The van der Waals surface area contributed by atoms with Gasteiger partial charge in [0, 0.05) is 5.30 Å². The molecule has 2 atom stereocenters. The van der Waals surface area contributed by atoms with Crippen molar-refractivity contribution >= 4 is 19.2 Å². The molecule has 0 saturated heterocycles. The van der Waals surface area contributed by atoms with Gasteiger partial charge in [0.15, 0.2) is 0 Å². The molecule has 0 spiro atoms. The first-order valence-electron chi connectivity index (χ1n) is 7.54. The first-order chi connectivity index (χ1) is 11.2. The third-order valence-electron chi connectivity index (χ3n) is 3.88. The van der Waals surface area contributed by atoms with Gasteiger partial charge in [-0.05, 0) is 28.9 Å². The van der Waals surface area contributed by atoms with Crippen LogP contribution in [-0.4, -0.2) is 10.2 Å². The molecule has 3 heteroatoms. The molecule has 0 fully saturated rings. The van der Waals surface area contributed by atoms with Crippen LogP contribution in [-0.2, 0) is 0 Å². The van der Waals surface area contributed by atoms with Gasteiger partial charge in [-0.1, -0.05) is 81.4 Å². The first kappa shape index (κ1) is 15.7. The first-order valence-corrected chi connectivity index (χ1v) is 8.54. The zero-order valence-corrected chi connectivity index (χ0v) is 13.9. The van der Waals surface area contributed by atoms with Gasteiger partial charge >= 0.3 is 0 Å². The van der Waals surface area contributed by atoms with Crippen LogP contribution in [0.5, 0.6) is 5.75 Å². The smallest absolute Gasteiger partial charge is 0.126 e. The third kappa shape index (κ3) is 3.44. The highest BCUT2D eigenvalue weighted by Crippen LogP contribution is 2.27. The monoisotopic (exact) mass is 322 g/mol. The van der Waals surface area contributed by atoms with E-state index in [9.17, 15) is 10.2 Å². The Labute approximate surface area is 138 Å². The average molecular weight is 322 g/mol. The molecular weight excluding hydrogens is 303 g/mol. The minimum absolute atomic E-state index is 0.298. The van der Waals surface area contributed by atoms with Gasteiger partial charge in [0.05, 0.1) is 0 Å². The van der Waals surface area contributed by atoms with Crippen molar-refractivity contribution in [3.05, 3.63) is 89.5 Å². The molecule has 0 aliphatic rings. The van der Waals surface area contributed by atoms with Crippen molar-refractivity contribution in [1.82, 2.24) is 0 Å². The Hall–Kier alpha value is -2.15. The van der Waals surface area contributed by atoms with E-state index >= 15 is 0 Å². The minimum atomic E-state index is -0.660. The van der Waals surface area contributed by atoms with E-state index in [1.54, 1.807) is 0 Å². The van der Waals surface area contributed by atoms with Crippen molar-refractivity contribution in [2.75, 3.05) is 0 Å². The summed E-state index contributed by atoms with van der Waals surface area (Å²) in [5.74, 6) is 0.342. The van der Waals surface area contributed by atoms with Crippen molar-refractivity contribution in [2.45, 2.75) is 13.0 Å². The van der Waals surface area contributed by atoms with Gasteiger partial charge in [-0.2, -0.15) is 0 Å². The number of phenols is 1. The Bertz CT molecular complexity index is 800. The van der Waals surface area contributed by atoms with E-state index in [2.05, 4.69) is 0 Å². The topological polar surface area (TPSA) is 40.5 Å². The summed E-state index contributed by atoms with van der Waals surface area (Å²) in [6, 6.07) is 23.3. The molecule has 2 unspecified atom stereocenters. The number of benzene rings is 3. The second-order valence-corrected chi connectivity index (χ2v) is 6.82. The number of para-hydroxylation sites is 1. The maximum Gasteiger partial charge on any atom is 0.126 e. The molecule has 0 aromatic heterocycles. The Morgan fingerprint density at radius 3 is 2.22 bits per heavy atom. The Morgan fingerprint density at radius 2 is 1.43 bits per heavy atom. The molecule has 2 N–H and O–H groups in total. The Morgan fingerprint density at radius 1 is 0.783 bits per heavy atom. The lowest BCUT2D eigenvalue weighted by atomic mass is 10.0. The summed E-state index contributed by atoms with van der Waals surface area (Å²) in [6.45, 7) is 1.90. The predicted octanol–water partition coefficient (Wildman–Crippen LogP) is 3.41. The van der Waals surface area contributed by atoms with E-state index in [-0.39, 0.29) is 0 Å². The molecule has 2 nitrogen and oxygen atoms in total. The van der Waals surface area contributed by atoms with Crippen LogP contribution in [0, 0.1) is 6.92 Å². The quantitative estimate of drug-likeness (QED) is 0.723. The second-order valence-electron chi connectivity index (χ2n) is 5.50. The fourth-order valence-electron chi connectivity index (χ4n) is 2.57. The molecule has 0 aliphatic carbocycles. The molecule has 116 valence electrons. The second kappa shape index (κ2) is 6.95. The highest BCUT2D eigenvalue weighted by molar-refractivity contribution is 7.55. The molecular formula is C20H19O2P. The van der Waals surface area contributed by atoms with Crippen LogP contribution < -0.4 is 10.6 Å². The molecule has 3 rings (SSSR count). The Kier molecular flexibility index (Phi) is 4.76. The highest BCUT2D eigenvalue weighted by Gasteiger charge is 2.15. The van der Waals surface area contributed by atoms with E-state index in [1.807, 2.05) is 79.7 Å². The van der Waals surface area contributed by atoms with Crippen LogP contribution in [0.3, 0.4) is 0 Å². The fourth-order valence-corrected chi connectivity index (χ4v) is 3.90. The highest BCUT2D eigenvalue weighted by atomic mass is 31.1. The lowest BCUT2D eigenvalue weighted by Crippen LogP contribution is -2.14. The van der Waals surface area contributed by atoms with Crippen molar-refractivity contribution in [3.8, 4) is 5.75 Å². The lowest BCUT2D eigenvalue weighted by molar-refractivity contribution is 0.221. The maximum atomic E-state index is 10.7. The standard InChI is InChI=1S/C20H19O2P/c1-14-8-7-13-18(19(14)21)23-17-12-6-5-11-16(17)20(22)15-9-3-2-4-10-15/h2-13,20-23H,1H3. The van der Waals surface area contributed by atoms with Gasteiger partial charge in [0.1, 0.15) is 11.9 Å². The summed E-state index contributed by atoms with van der Waals surface area (Å²) in [4.78, 5) is 0. The van der Waals surface area contributed by atoms with Gasteiger partial charge in [-0.25, -0.2) is 0 Å². The van der Waals surface area contributed by atoms with Crippen LogP contribution in [0.25, 0.3) is 0 Å². The number of rotatable bonds is 4. The van der Waals surface area contributed by atoms with E-state index in [0.29, 0.717) is 14.3 Å². The zero-order valence-electron chi connectivity index (χ0n) is 12.9. The van der Waals surface area contributed by atoms with Gasteiger partial charge in [-0.3, -0.25) is 0 Å². The molecule has 0 aliphatic heterocycles. The molecule has 0 bridgehead atoms. The van der Waals surface area contributed by atoms with Gasteiger partial charge < -0.3 is 10.2 Å². The number of phenolic OH excluding ortho intramolecular Hbond substituents is 1. The number of aromatic hydroxyl groups is 1. The average Bonchev–Trinajstić information content (AvgIpc) is 2.60. The van der Waals surface area contributed by atoms with Crippen molar-refractivity contribution in [3.63, 3.8) is 0 Å². The molecule has 3 aromatic carbocycles. The van der Waals surface area contributed by atoms with E-state index < -0.39 is 6.10 Å². The van der Waals surface area contributed by atoms with Gasteiger partial charge in [0.2, 0.25) is 0 Å². The van der Waals surface area contributed by atoms with Crippen LogP contribution in [0.1, 0.15) is 22.8 Å². The normalized spacial score (nSPS) is 12.6. The van der Waals surface area contributed by atoms with Crippen LogP contribution >= 0.6 is 8.58 Å². The van der Waals surface area contributed by atoms with Crippen LogP contribution in [0.15, 0.2) is 72.8 Å². The van der Waals surface area contributed by atoms with Crippen molar-refractivity contribution < 1.29 is 10.2 Å². The summed E-state index contributed by atoms with van der Waals surface area (Å²) >= 11 is 0. The van der Waals surface area contributed by atoms with Crippen molar-refractivity contribution in [2.24, 2.45) is 0 Å². The van der Waals surface area contributed by atoms with Crippen molar-refractivity contribution in [1.29, 1.82) is 0 Å². The zero-order chi connectivity index (χ0) is 16.2. The third-order valence-corrected chi connectivity index (χ3v) is 5.28. The Balaban J connectivity index is 1.97. The van der Waals surface area contributed by atoms with Gasteiger partial charge in [-0.15, -0.1) is 0 Å². The molecule has 0 amide bonds. The fraction of sp³-hybridized carbons (Fsp3) is 0.100. The van der Waals surface area contributed by atoms with E-state index in [0.717, 1.165) is 27.3 Å². The molecule has 0 heterocycles. The van der Waals surface area contributed by atoms with E-state index in [4.69, 9.17) is 0 Å². The molecule has 0 saturated carbocycles. The number of aryl methyl sites for hydroxylation is 1. The summed E-state index contributed by atoms with van der Waals surface area (Å²) in [5.41, 5.74) is 2.63. The summed E-state index contributed by atoms with van der Waals surface area (Å²) in [7, 11) is 0.298. The molecule has 23 heavy (non-hydrogen) atoms. The predicted molar refractivity (Wildman–Crippen MR) is 97.4 cm³/mol. The largest absolute Gasteiger partial charge is 0.507 e. The summed E-state index contributed by atoms with van der Waals surface area (Å²) < 4.78 is 0. The maximum absolute atomic E-state index is 10.7. The molecule has 0 radical (unpaired) electrons. The number of aliphatic hydroxyl groups is 1. The summed E-state index contributed by atoms with van der Waals surface area (Å²) in [6.07, 6.45) is -0.660. The minimum Gasteiger partial charge on any atom is -0.507 e. The van der Waals surface area contributed by atoms with Crippen LogP contribution in [0.4, 0.5) is 0 Å². The SMILES string of the molecule is Cc1cccc(Pc2ccccc2C(O)c2ccccc2)c1O. The van der Waals surface area contributed by atoms with E-state index in [1.165, 1.54) is 0 Å². The number of hydrogen-bond donors (Lipinski definition) is 2. The lowest BCUT2D eigenvalue weighted by Gasteiger charge is -2.17.